The zero-order valence-corrected chi connectivity index (χ0v) is 9.47. The van der Waals surface area contributed by atoms with E-state index in [0.29, 0.717) is 12.1 Å². The summed E-state index contributed by atoms with van der Waals surface area (Å²) in [5.74, 6) is 2.63. The zero-order valence-electron chi connectivity index (χ0n) is 9.47. The monoisotopic (exact) mass is 194 g/mol. The van der Waals surface area contributed by atoms with Gasteiger partial charge in [0.1, 0.15) is 0 Å². The van der Waals surface area contributed by atoms with Gasteiger partial charge in [0, 0.05) is 12.1 Å². The van der Waals surface area contributed by atoms with Gasteiger partial charge in [-0.05, 0) is 26.9 Å². The molecule has 0 unspecified atom stereocenters. The maximum atomic E-state index is 5.24. The van der Waals surface area contributed by atoms with Crippen LogP contribution in [-0.4, -0.2) is 37.6 Å². The summed E-state index contributed by atoms with van der Waals surface area (Å²) in [5, 5.41) is 3.35. The quantitative estimate of drug-likeness (QED) is 0.538. The summed E-state index contributed by atoms with van der Waals surface area (Å²) in [5.41, 5.74) is 0.356. The van der Waals surface area contributed by atoms with E-state index in [2.05, 4.69) is 30.2 Å². The summed E-state index contributed by atoms with van der Waals surface area (Å²) < 4.78 is 0. The average Bonchev–Trinajstić information content (AvgIpc) is 2.19. The molecule has 0 amide bonds. The molecule has 0 aromatic carbocycles. The topological polar surface area (TPSA) is 15.3 Å². The van der Waals surface area contributed by atoms with E-state index < -0.39 is 0 Å². The summed E-state index contributed by atoms with van der Waals surface area (Å²) in [6, 6.07) is 0. The Balaban J connectivity index is 2.48. The van der Waals surface area contributed by atoms with Crippen LogP contribution in [0.15, 0.2) is 0 Å². The lowest BCUT2D eigenvalue weighted by molar-refractivity contribution is 0.100. The highest BCUT2D eigenvalue weighted by atomic mass is 15.2. The van der Waals surface area contributed by atoms with Gasteiger partial charge in [-0.3, -0.25) is 0 Å². The summed E-state index contributed by atoms with van der Waals surface area (Å²) in [6.45, 7) is 1.72. The molecule has 0 saturated heterocycles. The van der Waals surface area contributed by atoms with Crippen molar-refractivity contribution in [3.63, 3.8) is 0 Å². The predicted octanol–water partition coefficient (Wildman–Crippen LogP) is 1.47. The molecule has 0 spiro atoms. The first kappa shape index (κ1) is 11.6. The molecule has 0 atom stereocenters. The Morgan fingerprint density at radius 3 is 2.43 bits per heavy atom. The third kappa shape index (κ3) is 2.73. The van der Waals surface area contributed by atoms with Gasteiger partial charge < -0.3 is 10.2 Å². The Labute approximate surface area is 88.1 Å². The fraction of sp³-hybridized carbons (Fsp3) is 0.833. The van der Waals surface area contributed by atoms with Crippen LogP contribution >= 0.6 is 0 Å². The smallest absolute Gasteiger partial charge is 0.0574 e. The molecule has 1 aliphatic carbocycles. The van der Waals surface area contributed by atoms with Crippen molar-refractivity contribution in [2.24, 2.45) is 0 Å². The molecule has 0 aromatic rings. The van der Waals surface area contributed by atoms with Crippen LogP contribution in [0.25, 0.3) is 0 Å². The zero-order chi connectivity index (χ0) is 10.4. The Morgan fingerprint density at radius 2 is 1.93 bits per heavy atom. The number of likely N-dealkylation sites (N-methyl/N-ethyl adjacent to an activating group) is 1. The maximum Gasteiger partial charge on any atom is 0.0574 e. The second-order valence-electron chi connectivity index (χ2n) is 4.49. The van der Waals surface area contributed by atoms with E-state index in [1.54, 1.807) is 0 Å². The van der Waals surface area contributed by atoms with Crippen molar-refractivity contribution < 1.29 is 0 Å². The summed E-state index contributed by atoms with van der Waals surface area (Å²) in [7, 11) is 4.37. The normalized spacial score (nSPS) is 20.7. The van der Waals surface area contributed by atoms with Crippen molar-refractivity contribution in [1.82, 2.24) is 10.2 Å². The Morgan fingerprint density at radius 1 is 1.29 bits per heavy atom. The van der Waals surface area contributed by atoms with Gasteiger partial charge in [-0.1, -0.05) is 25.2 Å². The van der Waals surface area contributed by atoms with Crippen molar-refractivity contribution in [2.45, 2.75) is 37.6 Å². The van der Waals surface area contributed by atoms with E-state index >= 15 is 0 Å². The molecule has 1 N–H and O–H groups in total. The first-order valence-corrected chi connectivity index (χ1v) is 5.53. The molecule has 1 saturated carbocycles. The van der Waals surface area contributed by atoms with E-state index in [1.807, 2.05) is 0 Å². The molecule has 1 aliphatic rings. The number of hydrogen-bond acceptors (Lipinski definition) is 2. The minimum Gasteiger partial charge on any atom is -0.304 e. The van der Waals surface area contributed by atoms with Gasteiger partial charge >= 0.3 is 0 Å². The molecular formula is C12H22N2. The van der Waals surface area contributed by atoms with Gasteiger partial charge in [-0.15, -0.1) is 6.42 Å². The van der Waals surface area contributed by atoms with E-state index in [9.17, 15) is 0 Å². The molecule has 14 heavy (non-hydrogen) atoms. The van der Waals surface area contributed by atoms with Crippen LogP contribution in [0, 0.1) is 12.3 Å². The van der Waals surface area contributed by atoms with Crippen LogP contribution < -0.4 is 5.32 Å². The van der Waals surface area contributed by atoms with E-state index in [4.69, 9.17) is 6.42 Å². The summed E-state index contributed by atoms with van der Waals surface area (Å²) in [4.78, 5) is 2.37. The van der Waals surface area contributed by atoms with Crippen LogP contribution in [-0.2, 0) is 0 Å². The molecule has 0 aromatic heterocycles. The van der Waals surface area contributed by atoms with E-state index in [-0.39, 0.29) is 0 Å². The van der Waals surface area contributed by atoms with Gasteiger partial charge in [-0.2, -0.15) is 0 Å². The van der Waals surface area contributed by atoms with Gasteiger partial charge in [0.15, 0.2) is 0 Å². The van der Waals surface area contributed by atoms with E-state index in [1.165, 1.54) is 32.1 Å². The lowest BCUT2D eigenvalue weighted by atomic mass is 9.80. The highest BCUT2D eigenvalue weighted by Crippen LogP contribution is 2.31. The molecule has 0 aliphatic heterocycles. The molecule has 80 valence electrons. The van der Waals surface area contributed by atoms with Gasteiger partial charge in [0.05, 0.1) is 6.54 Å². The standard InChI is InChI=1S/C12H22N2/c1-4-10-13-11-12(14(2)3)8-6-5-7-9-12/h1,13H,5-11H2,2-3H3. The van der Waals surface area contributed by atoms with Crippen molar-refractivity contribution in [1.29, 1.82) is 0 Å². The molecule has 2 nitrogen and oxygen atoms in total. The third-order valence-corrected chi connectivity index (χ3v) is 3.41. The molecule has 0 radical (unpaired) electrons. The highest BCUT2D eigenvalue weighted by molar-refractivity contribution is 4.95. The SMILES string of the molecule is C#CCNCC1(N(C)C)CCCCC1. The molecule has 2 heteroatoms. The van der Waals surface area contributed by atoms with Crippen LogP contribution in [0.5, 0.6) is 0 Å². The lowest BCUT2D eigenvalue weighted by Gasteiger charge is -2.43. The Hall–Kier alpha value is -0.520. The average molecular weight is 194 g/mol. The van der Waals surface area contributed by atoms with Crippen molar-refractivity contribution in [3.05, 3.63) is 0 Å². The minimum atomic E-state index is 0.356. The van der Waals surface area contributed by atoms with E-state index in [0.717, 1.165) is 6.54 Å². The van der Waals surface area contributed by atoms with Crippen molar-refractivity contribution >= 4 is 0 Å². The second-order valence-corrected chi connectivity index (χ2v) is 4.49. The van der Waals surface area contributed by atoms with Crippen LogP contribution in [0.3, 0.4) is 0 Å². The lowest BCUT2D eigenvalue weighted by Crippen LogP contribution is -2.52. The fourth-order valence-corrected chi connectivity index (χ4v) is 2.36. The molecule has 1 rings (SSSR count). The highest BCUT2D eigenvalue weighted by Gasteiger charge is 2.33. The summed E-state index contributed by atoms with van der Waals surface area (Å²) >= 11 is 0. The van der Waals surface area contributed by atoms with Crippen LogP contribution in [0.1, 0.15) is 32.1 Å². The van der Waals surface area contributed by atoms with Crippen molar-refractivity contribution in [3.8, 4) is 12.3 Å². The number of nitrogens with zero attached hydrogens (tertiary/aromatic N) is 1. The Bertz CT molecular complexity index is 197. The summed E-state index contributed by atoms with van der Waals surface area (Å²) in [6.07, 6.45) is 12.0. The molecular weight excluding hydrogens is 172 g/mol. The van der Waals surface area contributed by atoms with Crippen LogP contribution in [0.4, 0.5) is 0 Å². The Kier molecular flexibility index (Phi) is 4.44. The molecule has 1 fully saturated rings. The largest absolute Gasteiger partial charge is 0.304 e. The first-order chi connectivity index (χ1) is 6.71. The van der Waals surface area contributed by atoms with Crippen molar-refractivity contribution in [2.75, 3.05) is 27.2 Å². The number of nitrogens with one attached hydrogen (secondary N) is 1. The van der Waals surface area contributed by atoms with Gasteiger partial charge in [-0.25, -0.2) is 0 Å². The maximum absolute atomic E-state index is 5.24. The fourth-order valence-electron chi connectivity index (χ4n) is 2.36. The van der Waals surface area contributed by atoms with Gasteiger partial charge in [0.25, 0.3) is 0 Å². The molecule has 0 heterocycles. The number of terminal acetylenes is 1. The minimum absolute atomic E-state index is 0.356. The first-order valence-electron chi connectivity index (χ1n) is 5.53. The number of rotatable bonds is 4. The van der Waals surface area contributed by atoms with Gasteiger partial charge in [0.2, 0.25) is 0 Å². The third-order valence-electron chi connectivity index (χ3n) is 3.41. The predicted molar refractivity (Wildman–Crippen MR) is 61.2 cm³/mol. The number of hydrogen-bond donors (Lipinski definition) is 1. The molecule has 0 bridgehead atoms. The second kappa shape index (κ2) is 5.38. The van der Waals surface area contributed by atoms with Crippen LogP contribution in [0.2, 0.25) is 0 Å².